The zero-order valence-corrected chi connectivity index (χ0v) is 33.8. The minimum Gasteiger partial charge on any atom is -0.500 e. The smallest absolute Gasteiger partial charge is 0.129 e. The summed E-state index contributed by atoms with van der Waals surface area (Å²) in [6, 6.07) is 37.7. The van der Waals surface area contributed by atoms with Gasteiger partial charge in [-0.2, -0.15) is 0 Å². The van der Waals surface area contributed by atoms with Crippen molar-refractivity contribution in [3.8, 4) is 22.5 Å². The number of fused-ring (bicyclic) bond motifs is 7. The molecular weight excluding hydrogens is 837 g/mol. The van der Waals surface area contributed by atoms with Crippen LogP contribution in [-0.4, -0.2) is 9.97 Å². The van der Waals surface area contributed by atoms with Crippen molar-refractivity contribution in [3.63, 3.8) is 0 Å². The minimum atomic E-state index is -2.35. The fraction of sp³-hybridized carbons (Fsp3) is 0.280. The van der Waals surface area contributed by atoms with Gasteiger partial charge in [0.05, 0.1) is 5.58 Å². The molecule has 4 heteroatoms. The number of pyridine rings is 2. The third-order valence-electron chi connectivity index (χ3n) is 10.8. The second-order valence-electron chi connectivity index (χ2n) is 16.1. The molecule has 3 nitrogen and oxygen atoms in total. The van der Waals surface area contributed by atoms with E-state index in [1.807, 2.05) is 48.7 Å². The molecule has 0 unspecified atom stereocenters. The number of furan rings is 1. The van der Waals surface area contributed by atoms with Gasteiger partial charge in [0.1, 0.15) is 5.58 Å². The molecule has 3 aromatic heterocycles. The molecule has 0 amide bonds. The van der Waals surface area contributed by atoms with Crippen LogP contribution >= 0.6 is 0 Å². The number of nitrogens with zero attached hydrogens (tertiary/aromatic N) is 2. The molecular formula is C50H48IrN2O-2. The molecule has 3 heterocycles. The molecule has 0 aliphatic heterocycles. The van der Waals surface area contributed by atoms with Crippen LogP contribution in [0.5, 0.6) is 0 Å². The van der Waals surface area contributed by atoms with Gasteiger partial charge in [-0.05, 0) is 93.5 Å². The van der Waals surface area contributed by atoms with Gasteiger partial charge < -0.3 is 14.4 Å². The molecule has 8 aromatic rings. The number of aromatic nitrogens is 2. The van der Waals surface area contributed by atoms with Gasteiger partial charge in [0.2, 0.25) is 0 Å². The Kier molecular flexibility index (Phi) is 8.19. The van der Waals surface area contributed by atoms with Crippen LogP contribution in [-0.2, 0) is 25.5 Å². The van der Waals surface area contributed by atoms with Crippen molar-refractivity contribution in [1.82, 2.24) is 9.97 Å². The van der Waals surface area contributed by atoms with Crippen molar-refractivity contribution in [2.75, 3.05) is 0 Å². The molecule has 275 valence electrons. The number of benzene rings is 5. The fourth-order valence-electron chi connectivity index (χ4n) is 7.44. The average Bonchev–Trinajstić information content (AvgIpc) is 3.60. The first kappa shape index (κ1) is 29.7. The number of hydrogen-bond donors (Lipinski definition) is 0. The van der Waals surface area contributed by atoms with Crippen LogP contribution in [0.2, 0.25) is 0 Å². The van der Waals surface area contributed by atoms with Crippen LogP contribution in [0.3, 0.4) is 0 Å². The summed E-state index contributed by atoms with van der Waals surface area (Å²) in [5.41, 5.74) is 6.76. The summed E-state index contributed by atoms with van der Waals surface area (Å²) in [6.45, 7) is 6.43. The zero-order chi connectivity index (χ0) is 42.8. The van der Waals surface area contributed by atoms with Crippen LogP contribution in [0.4, 0.5) is 0 Å². The van der Waals surface area contributed by atoms with Gasteiger partial charge in [-0.3, -0.25) is 0 Å². The Morgan fingerprint density at radius 1 is 0.778 bits per heavy atom. The maximum Gasteiger partial charge on any atom is 0.129 e. The summed E-state index contributed by atoms with van der Waals surface area (Å²) >= 11 is 0. The van der Waals surface area contributed by atoms with E-state index in [-0.39, 0.29) is 36.5 Å². The summed E-state index contributed by atoms with van der Waals surface area (Å²) < 4.78 is 62.7. The van der Waals surface area contributed by atoms with Gasteiger partial charge in [-0.1, -0.05) is 119 Å². The first-order valence-corrected chi connectivity index (χ1v) is 18.4. The monoisotopic (exact) mass is 892 g/mol. The van der Waals surface area contributed by atoms with Gasteiger partial charge in [0.15, 0.2) is 0 Å². The molecule has 9 rings (SSSR count). The molecule has 1 saturated carbocycles. The van der Waals surface area contributed by atoms with Gasteiger partial charge in [-0.15, -0.1) is 53.6 Å². The number of rotatable bonds is 3. The maximum atomic E-state index is 9.42. The minimum absolute atomic E-state index is 0. The van der Waals surface area contributed by atoms with Crippen molar-refractivity contribution in [3.05, 3.63) is 144 Å². The Balaban J connectivity index is 0.000000226. The normalized spacial score (nSPS) is 17.5. The number of aryl methyl sites for hydroxylation is 2. The Hall–Kier alpha value is -4.63. The molecule has 0 N–H and O–H groups in total. The summed E-state index contributed by atoms with van der Waals surface area (Å²) in [4.78, 5) is 9.06. The van der Waals surface area contributed by atoms with E-state index in [2.05, 4.69) is 93.1 Å². The third-order valence-corrected chi connectivity index (χ3v) is 10.8. The molecule has 0 saturated heterocycles. The third kappa shape index (κ3) is 7.39. The van der Waals surface area contributed by atoms with Crippen molar-refractivity contribution in [2.24, 2.45) is 5.41 Å². The van der Waals surface area contributed by atoms with E-state index in [4.69, 9.17) is 12.6 Å². The van der Waals surface area contributed by atoms with E-state index in [1.54, 1.807) is 12.1 Å². The predicted octanol–water partition coefficient (Wildman–Crippen LogP) is 13.9. The molecule has 1 fully saturated rings. The van der Waals surface area contributed by atoms with Crippen LogP contribution < -0.4 is 0 Å². The van der Waals surface area contributed by atoms with Gasteiger partial charge >= 0.3 is 0 Å². The van der Waals surface area contributed by atoms with Gasteiger partial charge in [-0.25, -0.2) is 0 Å². The second kappa shape index (κ2) is 14.9. The number of hydrogen-bond acceptors (Lipinski definition) is 3. The Morgan fingerprint density at radius 2 is 1.54 bits per heavy atom. The zero-order valence-electron chi connectivity index (χ0n) is 38.4. The SMILES string of the molecule is [2H]C([2H])([2H])c1c[c-]c(-c2ccc(C(C)(C)C)cn2)cc1.[2H]C([2H])([2H])c1cnc(-c2[c-]ccc3c2oc2c3ccc3ccc4ccccc4c32)cc1C1([2H])CCC(C)(C)CC1.[Ir]. The summed E-state index contributed by atoms with van der Waals surface area (Å²) in [7, 11) is 0. The summed E-state index contributed by atoms with van der Waals surface area (Å²) in [6.07, 6.45) is 6.29. The second-order valence-corrected chi connectivity index (χ2v) is 16.1. The average molecular weight is 892 g/mol. The van der Waals surface area contributed by atoms with E-state index in [1.165, 1.54) is 17.8 Å². The van der Waals surface area contributed by atoms with Crippen molar-refractivity contribution in [2.45, 2.75) is 85.3 Å². The fourth-order valence-corrected chi connectivity index (χ4v) is 7.44. The van der Waals surface area contributed by atoms with E-state index in [9.17, 15) is 1.37 Å². The molecule has 0 spiro atoms. The molecule has 0 atom stereocenters. The standard InChI is InChI=1S/C34H30NO.C16H18N.Ir/c1-21-20-35-30(19-29(21)23-15-17-34(2,3)18-16-23)28-10-6-9-26-27-14-13-24-12-11-22-7-4-5-8-25(22)31(24)33(27)36-32(26)28;1-12-5-7-13(8-6-12)15-10-9-14(11-17-15)16(2,3)4;/h4-9,11-14,19-20,23H,15-18H2,1-3H3;5-7,9-11H,1-4H3;/q2*-1;/i1D3,23D;1D3;. The van der Waals surface area contributed by atoms with E-state index in [0.717, 1.165) is 62.0 Å². The van der Waals surface area contributed by atoms with Gasteiger partial charge in [0.25, 0.3) is 0 Å². The van der Waals surface area contributed by atoms with E-state index < -0.39 is 19.6 Å². The van der Waals surface area contributed by atoms with Crippen molar-refractivity contribution >= 4 is 43.5 Å². The first-order valence-electron chi connectivity index (χ1n) is 21.9. The molecule has 5 aromatic carbocycles. The van der Waals surface area contributed by atoms with E-state index >= 15 is 0 Å². The quantitative estimate of drug-likeness (QED) is 0.131. The van der Waals surface area contributed by atoms with E-state index in [0.29, 0.717) is 40.8 Å². The summed E-state index contributed by atoms with van der Waals surface area (Å²) in [5.74, 6) is -0.978. The molecule has 1 aliphatic carbocycles. The van der Waals surface area contributed by atoms with Crippen molar-refractivity contribution < 1.29 is 34.1 Å². The molecule has 0 bridgehead atoms. The van der Waals surface area contributed by atoms with Crippen molar-refractivity contribution in [1.29, 1.82) is 0 Å². The Morgan fingerprint density at radius 3 is 2.26 bits per heavy atom. The Bertz CT molecular complexity index is 2810. The Labute approximate surface area is 343 Å². The molecule has 1 radical (unpaired) electrons. The van der Waals surface area contributed by atoms with Gasteiger partial charge in [0, 0.05) is 52.9 Å². The van der Waals surface area contributed by atoms with Crippen LogP contribution in [0.1, 0.15) is 98.0 Å². The topological polar surface area (TPSA) is 38.9 Å². The van der Waals surface area contributed by atoms with Crippen LogP contribution in [0.15, 0.2) is 114 Å². The largest absolute Gasteiger partial charge is 0.500 e. The molecule has 1 aliphatic rings. The molecule has 54 heavy (non-hydrogen) atoms. The van der Waals surface area contributed by atoms with Crippen LogP contribution in [0, 0.1) is 31.3 Å². The predicted molar refractivity (Wildman–Crippen MR) is 222 cm³/mol. The first-order chi connectivity index (χ1) is 28.2. The summed E-state index contributed by atoms with van der Waals surface area (Å²) in [5, 5.41) is 6.43. The maximum absolute atomic E-state index is 9.42. The van der Waals surface area contributed by atoms with Crippen LogP contribution in [0.25, 0.3) is 66.0 Å².